The lowest BCUT2D eigenvalue weighted by Gasteiger charge is -2.34. The van der Waals surface area contributed by atoms with Gasteiger partial charge in [0.2, 0.25) is 11.8 Å². The van der Waals surface area contributed by atoms with Gasteiger partial charge in [-0.25, -0.2) is 8.42 Å². The molecular weight excluding hydrogens is 570 g/mol. The van der Waals surface area contributed by atoms with E-state index in [1.807, 2.05) is 101 Å². The largest absolute Gasteiger partial charge is 0.355 e. The third-order valence-corrected chi connectivity index (χ3v) is 9.35. The number of nitrogens with zero attached hydrogens (tertiary/aromatic N) is 2. The number of sulfonamides is 1. The number of amides is 2. The van der Waals surface area contributed by atoms with Crippen LogP contribution < -0.4 is 9.62 Å². The van der Waals surface area contributed by atoms with Crippen LogP contribution >= 0.6 is 0 Å². The van der Waals surface area contributed by atoms with Crippen molar-refractivity contribution in [3.8, 4) is 0 Å². The first-order valence-corrected chi connectivity index (χ1v) is 16.3. The van der Waals surface area contributed by atoms with Gasteiger partial charge in [-0.1, -0.05) is 90.0 Å². The smallest absolute Gasteiger partial charge is 0.264 e. The van der Waals surface area contributed by atoms with Gasteiger partial charge in [-0.3, -0.25) is 13.9 Å². The molecule has 1 N–H and O–H groups in total. The Morgan fingerprint density at radius 1 is 0.750 bits per heavy atom. The van der Waals surface area contributed by atoms with E-state index >= 15 is 0 Å². The molecular formula is C36H41N3O4S. The van der Waals surface area contributed by atoms with Crippen LogP contribution in [0.2, 0.25) is 0 Å². The van der Waals surface area contributed by atoms with Crippen molar-refractivity contribution in [2.45, 2.75) is 58.5 Å². The Morgan fingerprint density at radius 3 is 2.05 bits per heavy atom. The molecule has 1 atom stereocenters. The monoisotopic (exact) mass is 611 g/mol. The Hall–Kier alpha value is -4.43. The average molecular weight is 612 g/mol. The molecule has 7 nitrogen and oxygen atoms in total. The van der Waals surface area contributed by atoms with Gasteiger partial charge in [0.1, 0.15) is 12.6 Å². The topological polar surface area (TPSA) is 86.8 Å². The van der Waals surface area contributed by atoms with Gasteiger partial charge in [-0.05, 0) is 75.1 Å². The molecule has 0 radical (unpaired) electrons. The fraction of sp³-hybridized carbons (Fsp3) is 0.278. The van der Waals surface area contributed by atoms with Gasteiger partial charge in [-0.15, -0.1) is 0 Å². The first kappa shape index (κ1) is 32.5. The number of anilines is 1. The molecule has 0 saturated carbocycles. The van der Waals surface area contributed by atoms with Gasteiger partial charge in [0.25, 0.3) is 10.0 Å². The third-order valence-electron chi connectivity index (χ3n) is 7.58. The molecule has 1 unspecified atom stereocenters. The molecule has 4 rings (SSSR count). The van der Waals surface area contributed by atoms with Crippen molar-refractivity contribution in [2.75, 3.05) is 17.4 Å². The molecule has 4 aromatic carbocycles. The van der Waals surface area contributed by atoms with Crippen molar-refractivity contribution >= 4 is 27.5 Å². The van der Waals surface area contributed by atoms with E-state index in [0.717, 1.165) is 27.8 Å². The van der Waals surface area contributed by atoms with Gasteiger partial charge < -0.3 is 10.2 Å². The van der Waals surface area contributed by atoms with Crippen molar-refractivity contribution in [1.82, 2.24) is 10.2 Å². The standard InChI is InChI=1S/C36H41N3O4S/c1-6-37-36(41)34(23-30-12-8-7-9-13-30)38(24-31-14-10-11-27(3)21-31)35(40)25-39(33-22-28(4)15-18-29(33)5)44(42,43)32-19-16-26(2)17-20-32/h7-22,34H,6,23-25H2,1-5H3,(H,37,41). The summed E-state index contributed by atoms with van der Waals surface area (Å²) in [5.41, 5.74) is 5.69. The Labute approximate surface area is 261 Å². The fourth-order valence-electron chi connectivity index (χ4n) is 5.19. The zero-order valence-electron chi connectivity index (χ0n) is 26.1. The molecule has 0 fully saturated rings. The highest BCUT2D eigenvalue weighted by molar-refractivity contribution is 7.92. The molecule has 4 aromatic rings. The van der Waals surface area contributed by atoms with Crippen LogP contribution in [0.1, 0.15) is 40.3 Å². The van der Waals surface area contributed by atoms with Crippen molar-refractivity contribution in [2.24, 2.45) is 0 Å². The molecule has 0 spiro atoms. The maximum Gasteiger partial charge on any atom is 0.264 e. The first-order valence-electron chi connectivity index (χ1n) is 14.8. The van der Waals surface area contributed by atoms with Gasteiger partial charge in [0, 0.05) is 19.5 Å². The number of nitrogens with one attached hydrogen (secondary N) is 1. The van der Waals surface area contributed by atoms with E-state index in [4.69, 9.17) is 0 Å². The highest BCUT2D eigenvalue weighted by Crippen LogP contribution is 2.29. The molecule has 44 heavy (non-hydrogen) atoms. The summed E-state index contributed by atoms with van der Waals surface area (Å²) in [6.07, 6.45) is 0.276. The van der Waals surface area contributed by atoms with Crippen molar-refractivity contribution in [1.29, 1.82) is 0 Å². The SMILES string of the molecule is CCNC(=O)C(Cc1ccccc1)N(Cc1cccc(C)c1)C(=O)CN(c1cc(C)ccc1C)S(=O)(=O)c1ccc(C)cc1. The van der Waals surface area contributed by atoms with Crippen LogP contribution in [0.4, 0.5) is 5.69 Å². The number of carbonyl (C=O) groups is 2. The van der Waals surface area contributed by atoms with E-state index in [-0.39, 0.29) is 23.8 Å². The number of benzene rings is 4. The molecule has 0 aromatic heterocycles. The third kappa shape index (κ3) is 7.94. The Bertz CT molecular complexity index is 1700. The zero-order chi connectivity index (χ0) is 31.9. The summed E-state index contributed by atoms with van der Waals surface area (Å²) in [4.78, 5) is 29.8. The summed E-state index contributed by atoms with van der Waals surface area (Å²) >= 11 is 0. The second-order valence-electron chi connectivity index (χ2n) is 11.2. The summed E-state index contributed by atoms with van der Waals surface area (Å²) in [6.45, 7) is 9.47. The predicted molar refractivity (Wildman–Crippen MR) is 176 cm³/mol. The summed E-state index contributed by atoms with van der Waals surface area (Å²) in [5.74, 6) is -0.771. The van der Waals surface area contributed by atoms with Gasteiger partial charge in [0.15, 0.2) is 0 Å². The molecule has 0 aliphatic rings. The zero-order valence-corrected chi connectivity index (χ0v) is 26.9. The summed E-state index contributed by atoms with van der Waals surface area (Å²) in [6, 6.07) is 28.6. The van der Waals surface area contributed by atoms with Crippen molar-refractivity contribution in [3.05, 3.63) is 130 Å². The van der Waals surface area contributed by atoms with Gasteiger partial charge in [0.05, 0.1) is 10.6 Å². The number of carbonyl (C=O) groups excluding carboxylic acids is 2. The van der Waals surface area contributed by atoms with E-state index in [1.165, 1.54) is 9.21 Å². The lowest BCUT2D eigenvalue weighted by atomic mass is 10.0. The molecule has 230 valence electrons. The highest BCUT2D eigenvalue weighted by atomic mass is 32.2. The van der Waals surface area contributed by atoms with E-state index in [2.05, 4.69) is 5.32 Å². The summed E-state index contributed by atoms with van der Waals surface area (Å²) in [7, 11) is -4.15. The van der Waals surface area contributed by atoms with E-state index in [1.54, 1.807) is 30.3 Å². The van der Waals surface area contributed by atoms with Crippen LogP contribution in [0.25, 0.3) is 0 Å². The molecule has 8 heteroatoms. The fourth-order valence-corrected chi connectivity index (χ4v) is 6.66. The van der Waals surface area contributed by atoms with Crippen LogP contribution in [0, 0.1) is 27.7 Å². The quantitative estimate of drug-likeness (QED) is 0.216. The maximum atomic E-state index is 14.5. The van der Waals surface area contributed by atoms with E-state index < -0.39 is 28.5 Å². The molecule has 0 bridgehead atoms. The van der Waals surface area contributed by atoms with Crippen LogP contribution in [-0.2, 0) is 32.6 Å². The number of hydrogen-bond acceptors (Lipinski definition) is 4. The molecule has 0 aliphatic carbocycles. The minimum atomic E-state index is -4.15. The second kappa shape index (κ2) is 14.4. The van der Waals surface area contributed by atoms with Crippen LogP contribution in [0.15, 0.2) is 102 Å². The lowest BCUT2D eigenvalue weighted by Crippen LogP contribution is -2.53. The molecule has 2 amide bonds. The number of aryl methyl sites for hydroxylation is 4. The second-order valence-corrected chi connectivity index (χ2v) is 13.1. The van der Waals surface area contributed by atoms with Crippen molar-refractivity contribution in [3.63, 3.8) is 0 Å². The maximum absolute atomic E-state index is 14.5. The Balaban J connectivity index is 1.83. The number of likely N-dealkylation sites (N-methyl/N-ethyl adjacent to an activating group) is 1. The molecule has 0 heterocycles. The van der Waals surface area contributed by atoms with Crippen LogP contribution in [0.5, 0.6) is 0 Å². The van der Waals surface area contributed by atoms with Crippen molar-refractivity contribution < 1.29 is 18.0 Å². The minimum absolute atomic E-state index is 0.0894. The highest BCUT2D eigenvalue weighted by Gasteiger charge is 2.35. The summed E-state index contributed by atoms with van der Waals surface area (Å²) in [5, 5.41) is 2.90. The number of rotatable bonds is 12. The van der Waals surface area contributed by atoms with Gasteiger partial charge >= 0.3 is 0 Å². The van der Waals surface area contributed by atoms with E-state index in [0.29, 0.717) is 17.8 Å². The first-order chi connectivity index (χ1) is 21.0. The Morgan fingerprint density at radius 2 is 1.39 bits per heavy atom. The Kier molecular flexibility index (Phi) is 10.6. The lowest BCUT2D eigenvalue weighted by molar-refractivity contribution is -0.140. The van der Waals surface area contributed by atoms with Gasteiger partial charge in [-0.2, -0.15) is 0 Å². The predicted octanol–water partition coefficient (Wildman–Crippen LogP) is 5.89. The summed E-state index contributed by atoms with van der Waals surface area (Å²) < 4.78 is 29.7. The molecule has 0 saturated heterocycles. The van der Waals surface area contributed by atoms with Crippen LogP contribution in [0.3, 0.4) is 0 Å². The molecule has 0 aliphatic heterocycles. The van der Waals surface area contributed by atoms with Crippen LogP contribution in [-0.4, -0.2) is 44.3 Å². The van der Waals surface area contributed by atoms with E-state index in [9.17, 15) is 18.0 Å². The average Bonchev–Trinajstić information content (AvgIpc) is 2.99. The number of hydrogen-bond donors (Lipinski definition) is 1. The normalized spacial score (nSPS) is 11.9. The minimum Gasteiger partial charge on any atom is -0.355 e.